The van der Waals surface area contributed by atoms with Crippen molar-refractivity contribution < 1.29 is 4.79 Å². The first-order chi connectivity index (χ1) is 6.08. The molecule has 1 aromatic rings. The maximum Gasteiger partial charge on any atom is 0.120 e. The molecule has 0 radical (unpaired) electrons. The molecule has 0 atom stereocenters. The van der Waals surface area contributed by atoms with Crippen molar-refractivity contribution in [3.05, 3.63) is 35.4 Å². The summed E-state index contributed by atoms with van der Waals surface area (Å²) in [6, 6.07) is 8.23. The summed E-state index contributed by atoms with van der Waals surface area (Å²) < 4.78 is 0. The molecule has 0 aliphatic heterocycles. The molecule has 0 heterocycles. The molecule has 0 amide bonds. The van der Waals surface area contributed by atoms with E-state index in [2.05, 4.69) is 32.9 Å². The molecule has 0 fully saturated rings. The lowest BCUT2D eigenvalue weighted by atomic mass is 9.80. The molecule has 0 saturated heterocycles. The van der Waals surface area contributed by atoms with Crippen molar-refractivity contribution in [1.29, 1.82) is 0 Å². The highest BCUT2D eigenvalue weighted by Crippen LogP contribution is 2.28. The number of benzene rings is 1. The Morgan fingerprint density at radius 2 is 1.92 bits per heavy atom. The quantitative estimate of drug-likeness (QED) is 0.647. The number of hydrogen-bond acceptors (Lipinski definition) is 1. The van der Waals surface area contributed by atoms with Crippen LogP contribution in [0.2, 0.25) is 0 Å². The Kier molecular flexibility index (Phi) is 2.86. The van der Waals surface area contributed by atoms with E-state index in [9.17, 15) is 4.79 Å². The summed E-state index contributed by atoms with van der Waals surface area (Å²) >= 11 is 0. The fourth-order valence-corrected chi connectivity index (χ4v) is 1.65. The standard InChI is InChI=1S/C12H16O/c1-10-6-4-5-7-11(10)12(2,3)8-9-13/h4-7,9H,8H2,1-3H3. The third kappa shape index (κ3) is 2.18. The van der Waals surface area contributed by atoms with Gasteiger partial charge in [-0.05, 0) is 23.5 Å². The van der Waals surface area contributed by atoms with Crippen LogP contribution in [0.15, 0.2) is 24.3 Å². The first kappa shape index (κ1) is 9.97. The second kappa shape index (κ2) is 3.73. The largest absolute Gasteiger partial charge is 0.303 e. The Bertz CT molecular complexity index is 300. The molecule has 1 nitrogen and oxygen atoms in total. The van der Waals surface area contributed by atoms with E-state index in [-0.39, 0.29) is 5.41 Å². The summed E-state index contributed by atoms with van der Waals surface area (Å²) in [5, 5.41) is 0. The summed E-state index contributed by atoms with van der Waals surface area (Å²) in [5.74, 6) is 0. The number of aryl methyl sites for hydroxylation is 1. The van der Waals surface area contributed by atoms with Crippen molar-refractivity contribution in [2.24, 2.45) is 0 Å². The predicted molar refractivity (Wildman–Crippen MR) is 54.9 cm³/mol. The number of carbonyl (C=O) groups excluding carboxylic acids is 1. The average molecular weight is 176 g/mol. The number of aldehydes is 1. The Morgan fingerprint density at radius 3 is 2.46 bits per heavy atom. The second-order valence-electron chi connectivity index (χ2n) is 4.07. The SMILES string of the molecule is Cc1ccccc1C(C)(C)CC=O. The lowest BCUT2D eigenvalue weighted by Gasteiger charge is -2.24. The molecule has 70 valence electrons. The molecule has 1 heteroatoms. The van der Waals surface area contributed by atoms with E-state index >= 15 is 0 Å². The second-order valence-corrected chi connectivity index (χ2v) is 4.07. The maximum atomic E-state index is 10.5. The van der Waals surface area contributed by atoms with Crippen molar-refractivity contribution in [1.82, 2.24) is 0 Å². The van der Waals surface area contributed by atoms with E-state index in [0.717, 1.165) is 6.29 Å². The molecule has 0 spiro atoms. The van der Waals surface area contributed by atoms with Crippen LogP contribution in [0.4, 0.5) is 0 Å². The minimum atomic E-state index is -0.0346. The van der Waals surface area contributed by atoms with Gasteiger partial charge in [-0.15, -0.1) is 0 Å². The normalized spacial score (nSPS) is 11.3. The van der Waals surface area contributed by atoms with E-state index in [0.29, 0.717) is 6.42 Å². The van der Waals surface area contributed by atoms with Gasteiger partial charge in [-0.25, -0.2) is 0 Å². The summed E-state index contributed by atoms with van der Waals surface area (Å²) in [6.45, 7) is 6.29. The first-order valence-corrected chi connectivity index (χ1v) is 4.57. The Morgan fingerprint density at radius 1 is 1.31 bits per heavy atom. The summed E-state index contributed by atoms with van der Waals surface area (Å²) in [7, 11) is 0. The molecule has 0 saturated carbocycles. The molecule has 0 N–H and O–H groups in total. The van der Waals surface area contributed by atoms with E-state index in [1.807, 2.05) is 12.1 Å². The minimum absolute atomic E-state index is 0.0346. The third-order valence-corrected chi connectivity index (χ3v) is 2.47. The van der Waals surface area contributed by atoms with Gasteiger partial charge in [0.05, 0.1) is 0 Å². The highest BCUT2D eigenvalue weighted by atomic mass is 16.1. The van der Waals surface area contributed by atoms with Gasteiger partial charge in [-0.3, -0.25) is 0 Å². The predicted octanol–water partition coefficient (Wildman–Crippen LogP) is 2.86. The van der Waals surface area contributed by atoms with E-state index in [1.54, 1.807) is 0 Å². The zero-order valence-electron chi connectivity index (χ0n) is 8.50. The number of hydrogen-bond donors (Lipinski definition) is 0. The van der Waals surface area contributed by atoms with Crippen LogP contribution in [0.25, 0.3) is 0 Å². The van der Waals surface area contributed by atoms with Crippen LogP contribution >= 0.6 is 0 Å². The molecular formula is C12H16O. The van der Waals surface area contributed by atoms with Crippen LogP contribution in [0.1, 0.15) is 31.4 Å². The topological polar surface area (TPSA) is 17.1 Å². The van der Waals surface area contributed by atoms with Crippen LogP contribution in [0, 0.1) is 6.92 Å². The Balaban J connectivity index is 3.06. The highest BCUT2D eigenvalue weighted by molar-refractivity contribution is 5.53. The van der Waals surface area contributed by atoms with Crippen LogP contribution < -0.4 is 0 Å². The van der Waals surface area contributed by atoms with Gasteiger partial charge in [0.1, 0.15) is 6.29 Å². The smallest absolute Gasteiger partial charge is 0.120 e. The zero-order chi connectivity index (χ0) is 9.90. The number of rotatable bonds is 3. The molecule has 1 rings (SSSR count). The van der Waals surface area contributed by atoms with Crippen molar-refractivity contribution >= 4 is 6.29 Å². The van der Waals surface area contributed by atoms with Gasteiger partial charge in [-0.2, -0.15) is 0 Å². The Hall–Kier alpha value is -1.11. The molecule has 0 aromatic heterocycles. The molecule has 0 aliphatic carbocycles. The molecular weight excluding hydrogens is 160 g/mol. The van der Waals surface area contributed by atoms with Gasteiger partial charge in [0.2, 0.25) is 0 Å². The van der Waals surface area contributed by atoms with Gasteiger partial charge in [0.25, 0.3) is 0 Å². The van der Waals surface area contributed by atoms with Crippen molar-refractivity contribution in [2.45, 2.75) is 32.6 Å². The van der Waals surface area contributed by atoms with Crippen LogP contribution in [-0.2, 0) is 10.2 Å². The summed E-state index contributed by atoms with van der Waals surface area (Å²) in [4.78, 5) is 10.5. The van der Waals surface area contributed by atoms with E-state index < -0.39 is 0 Å². The van der Waals surface area contributed by atoms with E-state index in [1.165, 1.54) is 11.1 Å². The van der Waals surface area contributed by atoms with Crippen molar-refractivity contribution in [3.63, 3.8) is 0 Å². The van der Waals surface area contributed by atoms with Gasteiger partial charge < -0.3 is 4.79 Å². The maximum absolute atomic E-state index is 10.5. The molecule has 1 aromatic carbocycles. The molecule has 0 unspecified atom stereocenters. The van der Waals surface area contributed by atoms with Crippen molar-refractivity contribution in [2.75, 3.05) is 0 Å². The lowest BCUT2D eigenvalue weighted by molar-refractivity contribution is -0.108. The molecule has 0 aliphatic rings. The Labute approximate surface area is 79.8 Å². The van der Waals surface area contributed by atoms with Gasteiger partial charge in [-0.1, -0.05) is 38.1 Å². The van der Waals surface area contributed by atoms with Gasteiger partial charge >= 0.3 is 0 Å². The summed E-state index contributed by atoms with van der Waals surface area (Å²) in [6.07, 6.45) is 1.57. The average Bonchev–Trinajstić information content (AvgIpc) is 2.04. The van der Waals surface area contributed by atoms with Crippen molar-refractivity contribution in [3.8, 4) is 0 Å². The van der Waals surface area contributed by atoms with Gasteiger partial charge in [0.15, 0.2) is 0 Å². The zero-order valence-corrected chi connectivity index (χ0v) is 8.50. The number of carbonyl (C=O) groups is 1. The highest BCUT2D eigenvalue weighted by Gasteiger charge is 2.21. The van der Waals surface area contributed by atoms with E-state index in [4.69, 9.17) is 0 Å². The van der Waals surface area contributed by atoms with Crippen LogP contribution in [0.5, 0.6) is 0 Å². The summed E-state index contributed by atoms with van der Waals surface area (Å²) in [5.41, 5.74) is 2.49. The molecule has 13 heavy (non-hydrogen) atoms. The third-order valence-electron chi connectivity index (χ3n) is 2.47. The molecule has 0 bridgehead atoms. The minimum Gasteiger partial charge on any atom is -0.303 e. The first-order valence-electron chi connectivity index (χ1n) is 4.57. The van der Waals surface area contributed by atoms with Crippen LogP contribution in [0.3, 0.4) is 0 Å². The van der Waals surface area contributed by atoms with Gasteiger partial charge in [0, 0.05) is 6.42 Å². The fraction of sp³-hybridized carbons (Fsp3) is 0.417. The lowest BCUT2D eigenvalue weighted by Crippen LogP contribution is -2.18. The monoisotopic (exact) mass is 176 g/mol. The fourth-order valence-electron chi connectivity index (χ4n) is 1.65. The van der Waals surface area contributed by atoms with Crippen LogP contribution in [-0.4, -0.2) is 6.29 Å².